The molecule has 1 fully saturated rings. The average Bonchev–Trinajstić information content (AvgIpc) is 2.72. The number of carbonyl (C=O) groups excluding carboxylic acids is 2. The van der Waals surface area contributed by atoms with E-state index in [1.807, 2.05) is 30.3 Å². The van der Waals surface area contributed by atoms with Crippen LogP contribution < -0.4 is 15.0 Å². The molecule has 0 atom stereocenters. The van der Waals surface area contributed by atoms with Crippen molar-refractivity contribution in [1.29, 1.82) is 0 Å². The Hall–Kier alpha value is -3.02. The number of hydrogen-bond donors (Lipinski definition) is 1. The third kappa shape index (κ3) is 4.14. The minimum absolute atomic E-state index is 0.0163. The highest BCUT2D eigenvalue weighted by Gasteiger charge is 2.23. The van der Waals surface area contributed by atoms with Crippen molar-refractivity contribution >= 4 is 17.5 Å². The zero-order valence-electron chi connectivity index (χ0n) is 14.9. The third-order valence-corrected chi connectivity index (χ3v) is 4.49. The molecule has 2 aromatic rings. The van der Waals surface area contributed by atoms with Crippen LogP contribution in [-0.4, -0.2) is 56.5 Å². The van der Waals surface area contributed by atoms with Gasteiger partial charge in [0.25, 0.3) is 5.91 Å². The number of anilines is 1. The number of ether oxygens (including phenoxy) is 1. The molecule has 2 aromatic carbocycles. The molecular weight excluding hydrogens is 330 g/mol. The van der Waals surface area contributed by atoms with Crippen LogP contribution in [0.5, 0.6) is 5.75 Å². The molecule has 0 saturated carbocycles. The SMILES string of the molecule is COc1ccccc1N1CCN(C(=O)CNC(=O)c2ccccc2)CC1. The van der Waals surface area contributed by atoms with E-state index in [2.05, 4.69) is 10.2 Å². The molecule has 0 unspecified atom stereocenters. The quantitative estimate of drug-likeness (QED) is 0.890. The van der Waals surface area contributed by atoms with Crippen molar-refractivity contribution in [3.8, 4) is 5.75 Å². The highest BCUT2D eigenvalue weighted by Crippen LogP contribution is 2.28. The van der Waals surface area contributed by atoms with Crippen LogP contribution in [-0.2, 0) is 4.79 Å². The third-order valence-electron chi connectivity index (χ3n) is 4.49. The van der Waals surface area contributed by atoms with Crippen molar-refractivity contribution in [2.24, 2.45) is 0 Å². The van der Waals surface area contributed by atoms with Gasteiger partial charge < -0.3 is 19.9 Å². The van der Waals surface area contributed by atoms with Crippen LogP contribution in [0.2, 0.25) is 0 Å². The monoisotopic (exact) mass is 353 g/mol. The van der Waals surface area contributed by atoms with Gasteiger partial charge in [-0.2, -0.15) is 0 Å². The van der Waals surface area contributed by atoms with Gasteiger partial charge in [-0.15, -0.1) is 0 Å². The van der Waals surface area contributed by atoms with Gasteiger partial charge in [-0.25, -0.2) is 0 Å². The fourth-order valence-electron chi connectivity index (χ4n) is 3.05. The Morgan fingerprint density at radius 1 is 0.962 bits per heavy atom. The van der Waals surface area contributed by atoms with Crippen LogP contribution in [0.3, 0.4) is 0 Å². The van der Waals surface area contributed by atoms with E-state index in [1.165, 1.54) is 0 Å². The highest BCUT2D eigenvalue weighted by atomic mass is 16.5. The minimum atomic E-state index is -0.230. The van der Waals surface area contributed by atoms with E-state index in [0.717, 1.165) is 24.5 Å². The number of nitrogens with zero attached hydrogens (tertiary/aromatic N) is 2. The number of rotatable bonds is 5. The Labute approximate surface area is 153 Å². The number of hydrogen-bond acceptors (Lipinski definition) is 4. The van der Waals surface area contributed by atoms with Gasteiger partial charge in [0.2, 0.25) is 5.91 Å². The van der Waals surface area contributed by atoms with Crippen molar-refractivity contribution in [3.63, 3.8) is 0 Å². The molecule has 1 N–H and O–H groups in total. The lowest BCUT2D eigenvalue weighted by molar-refractivity contribution is -0.130. The molecule has 1 saturated heterocycles. The lowest BCUT2D eigenvalue weighted by Crippen LogP contribution is -2.51. The lowest BCUT2D eigenvalue weighted by Gasteiger charge is -2.36. The summed E-state index contributed by atoms with van der Waals surface area (Å²) in [5, 5.41) is 2.69. The summed E-state index contributed by atoms with van der Waals surface area (Å²) in [6.45, 7) is 2.73. The first-order valence-corrected chi connectivity index (χ1v) is 8.68. The van der Waals surface area contributed by atoms with Gasteiger partial charge in [0, 0.05) is 31.7 Å². The molecule has 0 aromatic heterocycles. The van der Waals surface area contributed by atoms with Crippen LogP contribution in [0.25, 0.3) is 0 Å². The minimum Gasteiger partial charge on any atom is -0.495 e. The van der Waals surface area contributed by atoms with Gasteiger partial charge >= 0.3 is 0 Å². The smallest absolute Gasteiger partial charge is 0.251 e. The van der Waals surface area contributed by atoms with Gasteiger partial charge in [0.15, 0.2) is 0 Å². The molecule has 136 valence electrons. The summed E-state index contributed by atoms with van der Waals surface area (Å²) in [5.41, 5.74) is 1.60. The van der Waals surface area contributed by atoms with Crippen molar-refractivity contribution < 1.29 is 14.3 Å². The van der Waals surface area contributed by atoms with Crippen LogP contribution in [0, 0.1) is 0 Å². The summed E-state index contributed by atoms with van der Waals surface area (Å²) >= 11 is 0. The van der Waals surface area contributed by atoms with Gasteiger partial charge in [-0.05, 0) is 24.3 Å². The Bertz CT molecular complexity index is 756. The topological polar surface area (TPSA) is 61.9 Å². The fraction of sp³-hybridized carbons (Fsp3) is 0.300. The molecule has 3 rings (SSSR count). The summed E-state index contributed by atoms with van der Waals surface area (Å²) in [7, 11) is 1.66. The number of carbonyl (C=O) groups is 2. The summed E-state index contributed by atoms with van der Waals surface area (Å²) in [6, 6.07) is 16.8. The van der Waals surface area contributed by atoms with E-state index >= 15 is 0 Å². The maximum atomic E-state index is 12.4. The molecule has 6 nitrogen and oxygen atoms in total. The first-order chi connectivity index (χ1) is 12.7. The summed E-state index contributed by atoms with van der Waals surface area (Å²) in [5.74, 6) is 0.544. The van der Waals surface area contributed by atoms with E-state index in [-0.39, 0.29) is 18.4 Å². The van der Waals surface area contributed by atoms with E-state index in [9.17, 15) is 9.59 Å². The highest BCUT2D eigenvalue weighted by molar-refractivity contribution is 5.96. The second-order valence-electron chi connectivity index (χ2n) is 6.09. The number of methoxy groups -OCH3 is 1. The summed E-state index contributed by atoms with van der Waals surface area (Å²) in [6.07, 6.45) is 0. The first-order valence-electron chi connectivity index (χ1n) is 8.68. The number of para-hydroxylation sites is 2. The summed E-state index contributed by atoms with van der Waals surface area (Å²) < 4.78 is 5.41. The van der Waals surface area contributed by atoms with Crippen LogP contribution in [0.1, 0.15) is 10.4 Å². The van der Waals surface area contributed by atoms with Crippen LogP contribution in [0.15, 0.2) is 54.6 Å². The predicted molar refractivity (Wildman–Crippen MR) is 101 cm³/mol. The molecule has 0 aliphatic carbocycles. The average molecular weight is 353 g/mol. The predicted octanol–water partition coefficient (Wildman–Crippen LogP) is 1.77. The Kier molecular flexibility index (Phi) is 5.73. The second-order valence-corrected chi connectivity index (χ2v) is 6.09. The molecule has 0 spiro atoms. The molecule has 6 heteroatoms. The lowest BCUT2D eigenvalue weighted by atomic mass is 10.2. The van der Waals surface area contributed by atoms with Crippen molar-refractivity contribution in [2.45, 2.75) is 0 Å². The van der Waals surface area contributed by atoms with Crippen molar-refractivity contribution in [3.05, 3.63) is 60.2 Å². The van der Waals surface area contributed by atoms with Crippen molar-refractivity contribution in [1.82, 2.24) is 10.2 Å². The van der Waals surface area contributed by atoms with E-state index in [1.54, 1.807) is 36.3 Å². The van der Waals surface area contributed by atoms with Crippen molar-refractivity contribution in [2.75, 3.05) is 44.7 Å². The maximum Gasteiger partial charge on any atom is 0.251 e. The molecule has 2 amide bonds. The van der Waals surface area contributed by atoms with E-state index < -0.39 is 0 Å². The number of amides is 2. The van der Waals surface area contributed by atoms with Crippen LogP contribution in [0.4, 0.5) is 5.69 Å². The zero-order chi connectivity index (χ0) is 18.4. The van der Waals surface area contributed by atoms with E-state index in [4.69, 9.17) is 4.74 Å². The standard InChI is InChI=1S/C20H23N3O3/c1-26-18-10-6-5-9-17(18)22-11-13-23(14-12-22)19(24)15-21-20(25)16-7-3-2-4-8-16/h2-10H,11-15H2,1H3,(H,21,25). The molecule has 1 heterocycles. The fourth-order valence-corrected chi connectivity index (χ4v) is 3.05. The molecule has 1 aliphatic heterocycles. The maximum absolute atomic E-state index is 12.4. The molecular formula is C20H23N3O3. The Morgan fingerprint density at radius 2 is 1.62 bits per heavy atom. The number of nitrogens with one attached hydrogen (secondary N) is 1. The molecule has 0 bridgehead atoms. The first kappa shape index (κ1) is 17.8. The Balaban J connectivity index is 1.50. The Morgan fingerprint density at radius 3 is 2.31 bits per heavy atom. The van der Waals surface area contributed by atoms with Gasteiger partial charge in [0.1, 0.15) is 5.75 Å². The zero-order valence-corrected chi connectivity index (χ0v) is 14.9. The normalized spacial score (nSPS) is 14.0. The molecule has 26 heavy (non-hydrogen) atoms. The second kappa shape index (κ2) is 8.38. The van der Waals surface area contributed by atoms with Gasteiger partial charge in [-0.1, -0.05) is 30.3 Å². The molecule has 1 aliphatic rings. The van der Waals surface area contributed by atoms with Crippen LogP contribution >= 0.6 is 0 Å². The number of piperazine rings is 1. The van der Waals surface area contributed by atoms with Gasteiger partial charge in [-0.3, -0.25) is 9.59 Å². The summed E-state index contributed by atoms with van der Waals surface area (Å²) in [4.78, 5) is 28.4. The largest absolute Gasteiger partial charge is 0.495 e. The van der Waals surface area contributed by atoms with Gasteiger partial charge in [0.05, 0.1) is 19.3 Å². The number of benzene rings is 2. The molecule has 0 radical (unpaired) electrons. The van der Waals surface area contributed by atoms with E-state index in [0.29, 0.717) is 18.7 Å².